The van der Waals surface area contributed by atoms with Crippen LogP contribution >= 0.6 is 11.3 Å². The zero-order chi connectivity index (χ0) is 16.4. The molecule has 0 aliphatic carbocycles. The summed E-state index contributed by atoms with van der Waals surface area (Å²) in [6, 6.07) is 9.49. The Morgan fingerprint density at radius 3 is 2.83 bits per heavy atom. The van der Waals surface area contributed by atoms with E-state index in [1.807, 2.05) is 24.3 Å². The zero-order valence-electron chi connectivity index (χ0n) is 13.4. The van der Waals surface area contributed by atoms with Gasteiger partial charge in [-0.05, 0) is 42.8 Å². The number of ether oxygens (including phenoxy) is 1. The number of hydrogen-bond acceptors (Lipinski definition) is 4. The van der Waals surface area contributed by atoms with Crippen molar-refractivity contribution in [2.24, 2.45) is 0 Å². The fourth-order valence-corrected chi connectivity index (χ4v) is 4.45. The summed E-state index contributed by atoms with van der Waals surface area (Å²) in [5.74, 6) is 0.0675. The second-order valence-corrected chi connectivity index (χ2v) is 6.79. The third-order valence-electron chi connectivity index (χ3n) is 4.49. The molecule has 5 heteroatoms. The largest absolute Gasteiger partial charge is 0.496 e. The minimum absolute atomic E-state index is 0.0743. The summed E-state index contributed by atoms with van der Waals surface area (Å²) in [5, 5.41) is 11.7. The number of aryl methyl sites for hydroxylation is 1. The van der Waals surface area contributed by atoms with Gasteiger partial charge >= 0.3 is 5.97 Å². The Bertz CT molecular complexity index is 697. The van der Waals surface area contributed by atoms with Crippen LogP contribution in [0.1, 0.15) is 34.9 Å². The van der Waals surface area contributed by atoms with Gasteiger partial charge in [0.15, 0.2) is 0 Å². The number of thiophene rings is 1. The monoisotopic (exact) mass is 331 g/mol. The van der Waals surface area contributed by atoms with Crippen molar-refractivity contribution in [1.29, 1.82) is 0 Å². The van der Waals surface area contributed by atoms with Crippen molar-refractivity contribution in [3.8, 4) is 5.75 Å². The molecule has 1 aromatic carbocycles. The van der Waals surface area contributed by atoms with E-state index in [9.17, 15) is 9.90 Å². The number of para-hydroxylation sites is 1. The van der Waals surface area contributed by atoms with Gasteiger partial charge in [0.05, 0.1) is 13.2 Å². The molecule has 1 aliphatic rings. The highest BCUT2D eigenvalue weighted by atomic mass is 32.1. The van der Waals surface area contributed by atoms with E-state index < -0.39 is 12.0 Å². The molecule has 0 amide bonds. The molecule has 1 aliphatic heterocycles. The van der Waals surface area contributed by atoms with Gasteiger partial charge in [-0.15, -0.1) is 11.3 Å². The maximum atomic E-state index is 11.7. The third-order valence-corrected chi connectivity index (χ3v) is 5.57. The molecule has 0 saturated carbocycles. The van der Waals surface area contributed by atoms with Crippen LogP contribution in [0.5, 0.6) is 5.75 Å². The predicted octanol–water partition coefficient (Wildman–Crippen LogP) is 3.70. The Balaban J connectivity index is 2.11. The van der Waals surface area contributed by atoms with Crippen LogP contribution in [0.3, 0.4) is 0 Å². The Morgan fingerprint density at radius 1 is 1.39 bits per heavy atom. The van der Waals surface area contributed by atoms with Crippen molar-refractivity contribution in [3.63, 3.8) is 0 Å². The van der Waals surface area contributed by atoms with Gasteiger partial charge in [0.2, 0.25) is 0 Å². The number of methoxy groups -OCH3 is 1. The first-order chi connectivity index (χ1) is 11.1. The Labute approximate surface area is 140 Å². The number of nitrogens with zero attached hydrogens (tertiary/aromatic N) is 1. The summed E-state index contributed by atoms with van der Waals surface area (Å²) in [6.07, 6.45) is 1.61. The van der Waals surface area contributed by atoms with Crippen molar-refractivity contribution in [2.75, 3.05) is 13.7 Å². The lowest BCUT2D eigenvalue weighted by Gasteiger charge is -2.32. The van der Waals surface area contributed by atoms with Gasteiger partial charge in [-0.2, -0.15) is 0 Å². The van der Waals surface area contributed by atoms with Gasteiger partial charge in [-0.1, -0.05) is 18.2 Å². The molecule has 2 atom stereocenters. The van der Waals surface area contributed by atoms with Crippen molar-refractivity contribution in [3.05, 3.63) is 51.7 Å². The van der Waals surface area contributed by atoms with Gasteiger partial charge in [-0.25, -0.2) is 0 Å². The van der Waals surface area contributed by atoms with Gasteiger partial charge in [0.1, 0.15) is 11.8 Å². The molecule has 3 rings (SSSR count). The van der Waals surface area contributed by atoms with Crippen molar-refractivity contribution in [1.82, 2.24) is 4.90 Å². The lowest BCUT2D eigenvalue weighted by atomic mass is 9.99. The SMILES string of the molecule is COc1ccccc1C(c1sccc1C)N1CCCC1C(=O)O. The van der Waals surface area contributed by atoms with Crippen LogP contribution in [-0.2, 0) is 4.79 Å². The quantitative estimate of drug-likeness (QED) is 0.907. The highest BCUT2D eigenvalue weighted by Gasteiger charge is 2.38. The van der Waals surface area contributed by atoms with Crippen LogP contribution in [0.4, 0.5) is 0 Å². The Kier molecular flexibility index (Phi) is 4.68. The average Bonchev–Trinajstić information content (AvgIpc) is 3.18. The molecular weight excluding hydrogens is 310 g/mol. The van der Waals surface area contributed by atoms with E-state index in [0.29, 0.717) is 6.42 Å². The zero-order valence-corrected chi connectivity index (χ0v) is 14.2. The second-order valence-electron chi connectivity index (χ2n) is 5.85. The number of aliphatic carboxylic acids is 1. The third kappa shape index (κ3) is 2.99. The number of hydrogen-bond donors (Lipinski definition) is 1. The second kappa shape index (κ2) is 6.72. The molecule has 2 heterocycles. The molecule has 2 unspecified atom stereocenters. The van der Waals surface area contributed by atoms with Crippen LogP contribution in [0.2, 0.25) is 0 Å². The van der Waals surface area contributed by atoms with E-state index in [2.05, 4.69) is 23.3 Å². The minimum atomic E-state index is -0.739. The molecule has 122 valence electrons. The average molecular weight is 331 g/mol. The first-order valence-electron chi connectivity index (χ1n) is 7.79. The molecule has 1 aromatic heterocycles. The summed E-state index contributed by atoms with van der Waals surface area (Å²) in [4.78, 5) is 15.0. The molecule has 4 nitrogen and oxygen atoms in total. The number of carbonyl (C=O) groups is 1. The Morgan fingerprint density at radius 2 is 2.17 bits per heavy atom. The van der Waals surface area contributed by atoms with Crippen molar-refractivity contribution >= 4 is 17.3 Å². The van der Waals surface area contributed by atoms with E-state index in [1.165, 1.54) is 10.4 Å². The molecule has 0 bridgehead atoms. The van der Waals surface area contributed by atoms with Gasteiger partial charge < -0.3 is 9.84 Å². The molecule has 0 radical (unpaired) electrons. The molecule has 23 heavy (non-hydrogen) atoms. The first-order valence-corrected chi connectivity index (χ1v) is 8.67. The van der Waals surface area contributed by atoms with Gasteiger partial charge in [0.25, 0.3) is 0 Å². The van der Waals surface area contributed by atoms with E-state index in [0.717, 1.165) is 24.3 Å². The highest BCUT2D eigenvalue weighted by Crippen LogP contribution is 2.41. The van der Waals surface area contributed by atoms with E-state index in [1.54, 1.807) is 18.4 Å². The number of rotatable bonds is 5. The topological polar surface area (TPSA) is 49.8 Å². The van der Waals surface area contributed by atoms with Crippen LogP contribution < -0.4 is 4.74 Å². The lowest BCUT2D eigenvalue weighted by Crippen LogP contribution is -2.39. The van der Waals surface area contributed by atoms with E-state index >= 15 is 0 Å². The summed E-state index contributed by atoms with van der Waals surface area (Å²) in [6.45, 7) is 2.87. The first kappa shape index (κ1) is 16.0. The smallest absolute Gasteiger partial charge is 0.320 e. The minimum Gasteiger partial charge on any atom is -0.496 e. The molecule has 1 saturated heterocycles. The van der Waals surface area contributed by atoms with Gasteiger partial charge in [-0.3, -0.25) is 9.69 Å². The molecule has 0 spiro atoms. The fourth-order valence-electron chi connectivity index (χ4n) is 3.39. The summed E-state index contributed by atoms with van der Waals surface area (Å²) in [5.41, 5.74) is 2.23. The summed E-state index contributed by atoms with van der Waals surface area (Å²) in [7, 11) is 1.66. The predicted molar refractivity (Wildman–Crippen MR) is 91.3 cm³/mol. The summed E-state index contributed by atoms with van der Waals surface area (Å²) >= 11 is 1.68. The normalized spacial score (nSPS) is 19.7. The lowest BCUT2D eigenvalue weighted by molar-refractivity contribution is -0.142. The van der Waals surface area contributed by atoms with E-state index in [4.69, 9.17) is 4.74 Å². The standard InChI is InChI=1S/C18H21NO3S/c1-12-9-11-23-17(12)16(13-6-3-4-8-15(13)22-2)19-10-5-7-14(19)18(20)21/h3-4,6,8-9,11,14,16H,5,7,10H2,1-2H3,(H,20,21). The van der Waals surface area contributed by atoms with Crippen molar-refractivity contribution in [2.45, 2.75) is 31.8 Å². The van der Waals surface area contributed by atoms with Crippen LogP contribution in [0.25, 0.3) is 0 Å². The number of carboxylic acid groups (broad SMARTS) is 1. The fraction of sp³-hybridized carbons (Fsp3) is 0.389. The van der Waals surface area contributed by atoms with Crippen LogP contribution in [-0.4, -0.2) is 35.7 Å². The van der Waals surface area contributed by atoms with Crippen LogP contribution in [0.15, 0.2) is 35.7 Å². The maximum Gasteiger partial charge on any atom is 0.320 e. The number of likely N-dealkylation sites (tertiary alicyclic amines) is 1. The Hall–Kier alpha value is -1.85. The van der Waals surface area contributed by atoms with Crippen molar-refractivity contribution < 1.29 is 14.6 Å². The molecule has 1 N–H and O–H groups in total. The number of benzene rings is 1. The van der Waals surface area contributed by atoms with Crippen LogP contribution in [0, 0.1) is 6.92 Å². The molecule has 1 fully saturated rings. The molecular formula is C18H21NO3S. The van der Waals surface area contributed by atoms with Gasteiger partial charge in [0, 0.05) is 17.0 Å². The van der Waals surface area contributed by atoms with E-state index in [-0.39, 0.29) is 6.04 Å². The highest BCUT2D eigenvalue weighted by molar-refractivity contribution is 7.10. The molecule has 2 aromatic rings. The summed E-state index contributed by atoms with van der Waals surface area (Å²) < 4.78 is 5.55. The maximum absolute atomic E-state index is 11.7. The number of carboxylic acids is 1.